The Balaban J connectivity index is 1.54. The van der Waals surface area contributed by atoms with E-state index in [-0.39, 0.29) is 11.7 Å². The van der Waals surface area contributed by atoms with Crippen molar-refractivity contribution in [3.8, 4) is 11.4 Å². The summed E-state index contributed by atoms with van der Waals surface area (Å²) in [6.45, 7) is 0.337. The molecule has 0 aliphatic heterocycles. The molecule has 6 nitrogen and oxygen atoms in total. The maximum atomic E-state index is 13.1. The first kappa shape index (κ1) is 16.7. The molecule has 0 bridgehead atoms. The van der Waals surface area contributed by atoms with E-state index < -0.39 is 0 Å². The van der Waals surface area contributed by atoms with Crippen molar-refractivity contribution < 1.29 is 9.18 Å². The molecule has 0 fully saturated rings. The van der Waals surface area contributed by atoms with Crippen LogP contribution >= 0.6 is 0 Å². The molecule has 0 unspecified atom stereocenters. The molecule has 1 N–H and O–H groups in total. The number of nitrogens with zero attached hydrogens (tertiary/aromatic N) is 4. The first-order chi connectivity index (χ1) is 13.2. The number of carbonyl (C=O) groups is 1. The van der Waals surface area contributed by atoms with Gasteiger partial charge in [-0.05, 0) is 42.0 Å². The molecular formula is C20H16FN5O. The van der Waals surface area contributed by atoms with Crippen molar-refractivity contribution in [1.29, 1.82) is 0 Å². The van der Waals surface area contributed by atoms with Crippen LogP contribution in [0.1, 0.15) is 16.1 Å². The molecule has 4 rings (SSSR count). The Morgan fingerprint density at radius 3 is 2.67 bits per heavy atom. The maximum absolute atomic E-state index is 13.1. The molecule has 0 saturated carbocycles. The van der Waals surface area contributed by atoms with Gasteiger partial charge in [0.1, 0.15) is 11.5 Å². The van der Waals surface area contributed by atoms with Gasteiger partial charge in [-0.3, -0.25) is 9.36 Å². The van der Waals surface area contributed by atoms with Crippen LogP contribution in [0.15, 0.2) is 79.5 Å². The number of rotatable bonds is 5. The number of benzene rings is 2. The SMILES string of the molecule is O=C(NCc1ccccc1-n1cccn1)c1cncn1-c1ccc(F)cc1. The summed E-state index contributed by atoms with van der Waals surface area (Å²) in [5, 5.41) is 7.15. The van der Waals surface area contributed by atoms with E-state index in [4.69, 9.17) is 0 Å². The fourth-order valence-corrected chi connectivity index (χ4v) is 2.83. The molecule has 2 aromatic heterocycles. The summed E-state index contributed by atoms with van der Waals surface area (Å²) in [6.07, 6.45) is 6.57. The van der Waals surface area contributed by atoms with Crippen molar-refractivity contribution in [3.05, 3.63) is 96.6 Å². The normalized spacial score (nSPS) is 10.7. The number of hydrogen-bond donors (Lipinski definition) is 1. The van der Waals surface area contributed by atoms with E-state index >= 15 is 0 Å². The molecule has 2 heterocycles. The van der Waals surface area contributed by atoms with Crippen LogP contribution in [-0.2, 0) is 6.54 Å². The van der Waals surface area contributed by atoms with Crippen molar-refractivity contribution in [3.63, 3.8) is 0 Å². The van der Waals surface area contributed by atoms with Crippen molar-refractivity contribution >= 4 is 5.91 Å². The fourth-order valence-electron chi connectivity index (χ4n) is 2.83. The van der Waals surface area contributed by atoms with Crippen molar-refractivity contribution in [2.45, 2.75) is 6.54 Å². The molecule has 134 valence electrons. The molecule has 0 radical (unpaired) electrons. The Bertz CT molecular complexity index is 1050. The molecule has 2 aromatic carbocycles. The monoisotopic (exact) mass is 361 g/mol. The third-order valence-corrected chi connectivity index (χ3v) is 4.16. The van der Waals surface area contributed by atoms with Crippen LogP contribution in [-0.4, -0.2) is 25.2 Å². The third kappa shape index (κ3) is 3.48. The van der Waals surface area contributed by atoms with E-state index in [0.29, 0.717) is 17.9 Å². The number of halogens is 1. The minimum absolute atomic E-state index is 0.271. The predicted octanol–water partition coefficient (Wildman–Crippen LogP) is 3.13. The van der Waals surface area contributed by atoms with E-state index in [2.05, 4.69) is 15.4 Å². The number of para-hydroxylation sites is 1. The zero-order valence-electron chi connectivity index (χ0n) is 14.3. The zero-order valence-corrected chi connectivity index (χ0v) is 14.3. The number of amides is 1. The lowest BCUT2D eigenvalue weighted by Crippen LogP contribution is -2.25. The topological polar surface area (TPSA) is 64.7 Å². The Morgan fingerprint density at radius 2 is 1.89 bits per heavy atom. The predicted molar refractivity (Wildman–Crippen MR) is 98.3 cm³/mol. The molecule has 27 heavy (non-hydrogen) atoms. The van der Waals surface area contributed by atoms with Gasteiger partial charge in [0.25, 0.3) is 5.91 Å². The summed E-state index contributed by atoms with van der Waals surface area (Å²) in [6, 6.07) is 15.4. The zero-order chi connectivity index (χ0) is 18.6. The summed E-state index contributed by atoms with van der Waals surface area (Å²) < 4.78 is 16.5. The van der Waals surface area contributed by atoms with Gasteiger partial charge < -0.3 is 5.32 Å². The van der Waals surface area contributed by atoms with Gasteiger partial charge >= 0.3 is 0 Å². The molecule has 0 aliphatic rings. The van der Waals surface area contributed by atoms with Crippen LogP contribution in [0.4, 0.5) is 4.39 Å². The van der Waals surface area contributed by atoms with Gasteiger partial charge in [0.2, 0.25) is 0 Å². The minimum atomic E-state index is -0.333. The Labute approximate surface area is 154 Å². The van der Waals surface area contributed by atoms with Gasteiger partial charge in [0.05, 0.1) is 18.2 Å². The van der Waals surface area contributed by atoms with Crippen molar-refractivity contribution in [2.75, 3.05) is 0 Å². The second-order valence-corrected chi connectivity index (χ2v) is 5.89. The average Bonchev–Trinajstić information content (AvgIpc) is 3.39. The van der Waals surface area contributed by atoms with E-state index in [1.165, 1.54) is 24.7 Å². The quantitative estimate of drug-likeness (QED) is 0.594. The molecular weight excluding hydrogens is 345 g/mol. The Kier molecular flexibility index (Phi) is 4.49. The molecule has 0 atom stereocenters. The molecule has 0 aliphatic carbocycles. The van der Waals surface area contributed by atoms with E-state index in [1.54, 1.807) is 27.6 Å². The highest BCUT2D eigenvalue weighted by Gasteiger charge is 2.14. The molecule has 1 amide bonds. The van der Waals surface area contributed by atoms with Crippen LogP contribution in [0, 0.1) is 5.82 Å². The average molecular weight is 361 g/mol. The summed E-state index contributed by atoms with van der Waals surface area (Å²) in [5.74, 6) is -0.604. The second-order valence-electron chi connectivity index (χ2n) is 5.89. The fraction of sp³-hybridized carbons (Fsp3) is 0.0500. The van der Waals surface area contributed by atoms with Gasteiger partial charge in [-0.15, -0.1) is 0 Å². The van der Waals surface area contributed by atoms with Crippen LogP contribution in [0.25, 0.3) is 11.4 Å². The summed E-state index contributed by atoms with van der Waals surface area (Å²) >= 11 is 0. The first-order valence-electron chi connectivity index (χ1n) is 8.37. The number of hydrogen-bond acceptors (Lipinski definition) is 3. The highest BCUT2D eigenvalue weighted by atomic mass is 19.1. The third-order valence-electron chi connectivity index (χ3n) is 4.16. The molecule has 7 heteroatoms. The van der Waals surface area contributed by atoms with E-state index in [0.717, 1.165) is 11.3 Å². The van der Waals surface area contributed by atoms with Gasteiger partial charge in [-0.2, -0.15) is 5.10 Å². The summed E-state index contributed by atoms with van der Waals surface area (Å²) in [7, 11) is 0. The van der Waals surface area contributed by atoms with Crippen LogP contribution in [0.2, 0.25) is 0 Å². The molecule has 0 spiro atoms. The smallest absolute Gasteiger partial charge is 0.270 e. The summed E-state index contributed by atoms with van der Waals surface area (Å²) in [5.41, 5.74) is 2.87. The Morgan fingerprint density at radius 1 is 1.07 bits per heavy atom. The lowest BCUT2D eigenvalue weighted by molar-refractivity contribution is 0.0944. The lowest BCUT2D eigenvalue weighted by atomic mass is 10.1. The highest BCUT2D eigenvalue weighted by molar-refractivity contribution is 5.93. The molecule has 4 aromatic rings. The minimum Gasteiger partial charge on any atom is -0.347 e. The van der Waals surface area contributed by atoms with Gasteiger partial charge in [-0.25, -0.2) is 14.1 Å². The van der Waals surface area contributed by atoms with Crippen molar-refractivity contribution in [2.24, 2.45) is 0 Å². The maximum Gasteiger partial charge on any atom is 0.270 e. The van der Waals surface area contributed by atoms with Crippen LogP contribution in [0.5, 0.6) is 0 Å². The first-order valence-corrected chi connectivity index (χ1v) is 8.37. The second kappa shape index (κ2) is 7.25. The Hall–Kier alpha value is -3.74. The largest absolute Gasteiger partial charge is 0.347 e. The standard InChI is InChI=1S/C20H16FN5O/c21-16-6-8-17(9-7-16)25-14-22-13-19(25)20(27)23-12-15-4-1-2-5-18(15)26-11-3-10-24-26/h1-11,13-14H,12H2,(H,23,27). The number of nitrogens with one attached hydrogen (secondary N) is 1. The van der Waals surface area contributed by atoms with Gasteiger partial charge in [-0.1, -0.05) is 18.2 Å². The molecule has 0 saturated heterocycles. The van der Waals surface area contributed by atoms with Crippen LogP contribution in [0.3, 0.4) is 0 Å². The van der Waals surface area contributed by atoms with Crippen molar-refractivity contribution in [1.82, 2.24) is 24.6 Å². The number of carbonyl (C=O) groups excluding carboxylic acids is 1. The number of imidazole rings is 1. The van der Waals surface area contributed by atoms with E-state index in [9.17, 15) is 9.18 Å². The van der Waals surface area contributed by atoms with E-state index in [1.807, 2.05) is 36.5 Å². The number of aromatic nitrogens is 4. The van der Waals surface area contributed by atoms with Gasteiger partial charge in [0, 0.05) is 24.6 Å². The summed E-state index contributed by atoms with van der Waals surface area (Å²) in [4.78, 5) is 16.7. The lowest BCUT2D eigenvalue weighted by Gasteiger charge is -2.12. The highest BCUT2D eigenvalue weighted by Crippen LogP contribution is 2.15. The van der Waals surface area contributed by atoms with Gasteiger partial charge in [0.15, 0.2) is 0 Å². The van der Waals surface area contributed by atoms with Crippen LogP contribution < -0.4 is 5.32 Å².